The van der Waals surface area contributed by atoms with Crippen molar-refractivity contribution < 1.29 is 45.4 Å². The monoisotopic (exact) mass is 366 g/mol. The first-order valence-electron chi connectivity index (χ1n) is 6.59. The summed E-state index contributed by atoms with van der Waals surface area (Å²) < 4.78 is 86.3. The molecule has 0 unspecified atom stereocenters. The van der Waals surface area contributed by atoms with Crippen molar-refractivity contribution in [3.63, 3.8) is 0 Å². The zero-order valence-corrected chi connectivity index (χ0v) is 13.1. The number of hydrogen-bond acceptors (Lipinski definition) is 5. The van der Waals surface area contributed by atoms with Gasteiger partial charge in [0, 0.05) is 6.54 Å². The van der Waals surface area contributed by atoms with Crippen LogP contribution in [0.5, 0.6) is 0 Å². The number of alkyl carbamates (subject to hydrolysis) is 1. The highest BCUT2D eigenvalue weighted by atomic mass is 19.4. The lowest BCUT2D eigenvalue weighted by Crippen LogP contribution is -2.66. The summed E-state index contributed by atoms with van der Waals surface area (Å²) >= 11 is 0. The van der Waals surface area contributed by atoms with Crippen LogP contribution >= 0.6 is 0 Å². The highest BCUT2D eigenvalue weighted by Gasteiger charge is 2.81. The Hall–Kier alpha value is -1.72. The molecule has 6 nitrogen and oxygen atoms in total. The molecule has 1 amide bonds. The summed E-state index contributed by atoms with van der Waals surface area (Å²) in [6.07, 6.45) is -12.9. The van der Waals surface area contributed by atoms with E-state index in [1.165, 1.54) is 20.8 Å². The molecule has 0 aliphatic carbocycles. The van der Waals surface area contributed by atoms with E-state index in [0.717, 1.165) is 0 Å². The summed E-state index contributed by atoms with van der Waals surface area (Å²) in [4.78, 5) is 22.7. The Morgan fingerprint density at radius 2 is 1.67 bits per heavy atom. The van der Waals surface area contributed by atoms with E-state index in [0.29, 0.717) is 7.05 Å². The number of hydrogen-bond donors (Lipinski definition) is 1. The molecule has 1 aliphatic heterocycles. The molecule has 1 atom stereocenters. The van der Waals surface area contributed by atoms with Gasteiger partial charge in [0.25, 0.3) is 0 Å². The number of likely N-dealkylation sites (N-methyl/N-ethyl adjacent to an activating group) is 1. The Kier molecular flexibility index (Phi) is 5.06. The van der Waals surface area contributed by atoms with E-state index in [1.807, 2.05) is 5.32 Å². The smallest absolute Gasteiger partial charge is 0.444 e. The van der Waals surface area contributed by atoms with E-state index in [4.69, 9.17) is 4.74 Å². The van der Waals surface area contributed by atoms with Crippen LogP contribution in [-0.2, 0) is 14.3 Å². The maximum Gasteiger partial charge on any atom is 0.453 e. The topological polar surface area (TPSA) is 67.9 Å². The molecule has 1 aliphatic rings. The van der Waals surface area contributed by atoms with Gasteiger partial charge in [0.2, 0.25) is 0 Å². The number of carbonyl (C=O) groups excluding carboxylic acids is 2. The maximum atomic E-state index is 13.0. The van der Waals surface area contributed by atoms with Crippen molar-refractivity contribution in [2.75, 3.05) is 13.6 Å². The van der Waals surface area contributed by atoms with Crippen LogP contribution in [0.1, 0.15) is 20.8 Å². The fourth-order valence-electron chi connectivity index (χ4n) is 2.05. The van der Waals surface area contributed by atoms with E-state index >= 15 is 0 Å². The highest BCUT2D eigenvalue weighted by Crippen LogP contribution is 2.51. The number of cyclic esters (lactones) is 1. The van der Waals surface area contributed by atoms with Crippen LogP contribution in [0.25, 0.3) is 0 Å². The largest absolute Gasteiger partial charge is 0.453 e. The van der Waals surface area contributed by atoms with Gasteiger partial charge in [-0.2, -0.15) is 26.3 Å². The minimum absolute atomic E-state index is 0.299. The zero-order valence-electron chi connectivity index (χ0n) is 13.1. The third kappa shape index (κ3) is 3.68. The predicted octanol–water partition coefficient (Wildman–Crippen LogP) is 2.19. The van der Waals surface area contributed by atoms with Crippen LogP contribution in [0, 0.1) is 0 Å². The lowest BCUT2D eigenvalue weighted by atomic mass is 10.1. The van der Waals surface area contributed by atoms with E-state index in [-0.39, 0.29) is 4.90 Å². The summed E-state index contributed by atoms with van der Waals surface area (Å²) in [5.74, 6) is -1.76. The number of rotatable bonds is 2. The van der Waals surface area contributed by atoms with Gasteiger partial charge in [-0.15, -0.1) is 0 Å². The molecule has 0 aromatic carbocycles. The first kappa shape index (κ1) is 20.3. The standard InChI is InChI=1S/C12H16F6N2O4/c1-9(2,3)24-8(22)19-5-6-7(21)23-10(20(6)4,11(13,14)15)12(16,17)18/h6H,5H2,1-4H3,(H,19,22)/t6-/m0/s1. The van der Waals surface area contributed by atoms with Crippen LogP contribution in [0.4, 0.5) is 31.1 Å². The Balaban J connectivity index is 2.97. The summed E-state index contributed by atoms with van der Waals surface area (Å²) in [5, 5.41) is 1.94. The number of nitrogens with one attached hydrogen (secondary N) is 1. The number of nitrogens with zero attached hydrogens (tertiary/aromatic N) is 1. The van der Waals surface area contributed by atoms with Crippen molar-refractivity contribution in [3.8, 4) is 0 Å². The molecule has 1 heterocycles. The predicted molar refractivity (Wildman–Crippen MR) is 66.7 cm³/mol. The average Bonchev–Trinajstić information content (AvgIpc) is 2.56. The van der Waals surface area contributed by atoms with Crippen molar-refractivity contribution in [2.45, 2.75) is 50.5 Å². The molecular weight excluding hydrogens is 350 g/mol. The second kappa shape index (κ2) is 5.97. The van der Waals surface area contributed by atoms with Crippen molar-refractivity contribution in [3.05, 3.63) is 0 Å². The van der Waals surface area contributed by atoms with Crippen LogP contribution in [0.3, 0.4) is 0 Å². The van der Waals surface area contributed by atoms with Crippen LogP contribution in [0.15, 0.2) is 0 Å². The van der Waals surface area contributed by atoms with Crippen LogP contribution in [-0.4, -0.2) is 60.3 Å². The van der Waals surface area contributed by atoms with Crippen molar-refractivity contribution in [1.29, 1.82) is 0 Å². The number of carbonyl (C=O) groups is 2. The molecule has 1 N–H and O–H groups in total. The van der Waals surface area contributed by atoms with Crippen molar-refractivity contribution in [2.24, 2.45) is 0 Å². The van der Waals surface area contributed by atoms with Gasteiger partial charge in [-0.25, -0.2) is 9.69 Å². The molecule has 0 spiro atoms. The number of alkyl halides is 6. The molecular formula is C12H16F6N2O4. The van der Waals surface area contributed by atoms with Crippen LogP contribution < -0.4 is 5.32 Å². The number of ether oxygens (including phenoxy) is 2. The molecule has 1 fully saturated rings. The Labute approximate surface area is 133 Å². The molecule has 1 saturated heterocycles. The molecule has 12 heteroatoms. The second-order valence-electron chi connectivity index (χ2n) is 6.07. The fraction of sp³-hybridized carbons (Fsp3) is 0.833. The molecule has 0 bridgehead atoms. The summed E-state index contributed by atoms with van der Waals surface area (Å²) in [6.45, 7) is 3.65. The first-order chi connectivity index (χ1) is 10.5. The fourth-order valence-corrected chi connectivity index (χ4v) is 2.05. The van der Waals surface area contributed by atoms with Gasteiger partial charge in [-0.1, -0.05) is 0 Å². The minimum Gasteiger partial charge on any atom is -0.444 e. The third-order valence-electron chi connectivity index (χ3n) is 3.09. The molecule has 0 saturated carbocycles. The molecule has 24 heavy (non-hydrogen) atoms. The van der Waals surface area contributed by atoms with E-state index in [1.54, 1.807) is 0 Å². The van der Waals surface area contributed by atoms with Crippen LogP contribution in [0.2, 0.25) is 0 Å². The molecule has 0 radical (unpaired) electrons. The molecule has 0 aromatic heterocycles. The maximum absolute atomic E-state index is 13.0. The van der Waals surface area contributed by atoms with E-state index in [2.05, 4.69) is 4.74 Å². The zero-order chi connectivity index (χ0) is 19.1. The van der Waals surface area contributed by atoms with Crippen molar-refractivity contribution >= 4 is 12.1 Å². The SMILES string of the molecule is CN1[C@@H](CNC(=O)OC(C)(C)C)C(=O)OC1(C(F)(F)F)C(F)(F)F. The van der Waals surface area contributed by atoms with Gasteiger partial charge in [-0.3, -0.25) is 4.79 Å². The third-order valence-corrected chi connectivity index (χ3v) is 3.09. The second-order valence-corrected chi connectivity index (χ2v) is 6.07. The highest BCUT2D eigenvalue weighted by molar-refractivity contribution is 5.80. The number of amides is 1. The summed E-state index contributed by atoms with van der Waals surface area (Å²) in [7, 11) is 0.438. The lowest BCUT2D eigenvalue weighted by molar-refractivity contribution is -0.398. The Morgan fingerprint density at radius 1 is 1.21 bits per heavy atom. The first-order valence-corrected chi connectivity index (χ1v) is 6.59. The molecule has 1 rings (SSSR count). The minimum atomic E-state index is -5.92. The number of esters is 1. The summed E-state index contributed by atoms with van der Waals surface area (Å²) in [5.41, 5.74) is -5.70. The summed E-state index contributed by atoms with van der Waals surface area (Å²) in [6, 6.07) is -1.99. The van der Waals surface area contributed by atoms with Gasteiger partial charge >= 0.3 is 30.1 Å². The Morgan fingerprint density at radius 3 is 2.00 bits per heavy atom. The van der Waals surface area contributed by atoms with Gasteiger partial charge in [0.1, 0.15) is 11.6 Å². The van der Waals surface area contributed by atoms with E-state index in [9.17, 15) is 35.9 Å². The molecule has 0 aromatic rings. The van der Waals surface area contributed by atoms with E-state index < -0.39 is 48.3 Å². The normalized spacial score (nSPS) is 22.2. The lowest BCUT2D eigenvalue weighted by Gasteiger charge is -2.37. The quantitative estimate of drug-likeness (QED) is 0.600. The van der Waals surface area contributed by atoms with Gasteiger partial charge < -0.3 is 14.8 Å². The average molecular weight is 366 g/mol. The molecule has 140 valence electrons. The Bertz CT molecular complexity index is 497. The van der Waals surface area contributed by atoms with Gasteiger partial charge in [0.05, 0.1) is 0 Å². The van der Waals surface area contributed by atoms with Gasteiger partial charge in [-0.05, 0) is 27.8 Å². The number of halogens is 6. The van der Waals surface area contributed by atoms with Gasteiger partial charge in [0.15, 0.2) is 0 Å². The van der Waals surface area contributed by atoms with Crippen molar-refractivity contribution in [1.82, 2.24) is 10.2 Å².